The third kappa shape index (κ3) is 3.82. The van der Waals surface area contributed by atoms with Gasteiger partial charge in [0, 0.05) is 5.56 Å². The van der Waals surface area contributed by atoms with Crippen LogP contribution in [0.4, 0.5) is 0 Å². The molecule has 1 aromatic rings. The first-order chi connectivity index (χ1) is 10.1. The second-order valence-corrected chi connectivity index (χ2v) is 7.49. The highest BCUT2D eigenvalue weighted by Gasteiger charge is 2.30. The molecule has 0 unspecified atom stereocenters. The van der Waals surface area contributed by atoms with Crippen LogP contribution in [0.5, 0.6) is 5.75 Å². The van der Waals surface area contributed by atoms with Crippen LogP contribution in [0.15, 0.2) is 12.1 Å². The Hall–Kier alpha value is -1.51. The van der Waals surface area contributed by atoms with E-state index < -0.39 is 5.97 Å². The zero-order valence-corrected chi connectivity index (χ0v) is 14.8. The normalized spacial score (nSPS) is 12.5. The zero-order valence-electron chi connectivity index (χ0n) is 14.8. The summed E-state index contributed by atoms with van der Waals surface area (Å²) in [5, 5.41) is 19.9. The van der Waals surface area contributed by atoms with E-state index in [-0.39, 0.29) is 22.1 Å². The lowest BCUT2D eigenvalue weighted by Gasteiger charge is -2.31. The van der Waals surface area contributed by atoms with E-state index in [1.54, 1.807) is 6.07 Å². The molecule has 3 heteroatoms. The molecule has 124 valence electrons. The van der Waals surface area contributed by atoms with E-state index in [0.29, 0.717) is 0 Å². The lowest BCUT2D eigenvalue weighted by Crippen LogP contribution is -2.22. The standard InChI is InChI=1S/C19H30O3/c1-7-9-18(3,4)13-11-14(17(21)22)16(20)15(12-13)19(5,6)10-8-2/h11-12,20H,7-10H2,1-6H3,(H,21,22). The molecule has 0 aliphatic rings. The zero-order chi connectivity index (χ0) is 17.1. The Morgan fingerprint density at radius 2 is 1.50 bits per heavy atom. The SMILES string of the molecule is CCCC(C)(C)c1cc(C(=O)O)c(O)c(C(C)(C)CCC)c1. The van der Waals surface area contributed by atoms with Crippen LogP contribution in [-0.4, -0.2) is 16.2 Å². The van der Waals surface area contributed by atoms with E-state index in [0.717, 1.165) is 36.8 Å². The van der Waals surface area contributed by atoms with Gasteiger partial charge in [-0.2, -0.15) is 0 Å². The Morgan fingerprint density at radius 3 is 1.95 bits per heavy atom. The molecule has 1 aromatic carbocycles. The fraction of sp³-hybridized carbons (Fsp3) is 0.632. The van der Waals surface area contributed by atoms with Gasteiger partial charge in [0.2, 0.25) is 0 Å². The Labute approximate surface area is 134 Å². The van der Waals surface area contributed by atoms with Crippen molar-refractivity contribution in [1.82, 2.24) is 0 Å². The summed E-state index contributed by atoms with van der Waals surface area (Å²) in [6.07, 6.45) is 3.89. The van der Waals surface area contributed by atoms with Gasteiger partial charge in [-0.05, 0) is 35.3 Å². The molecule has 0 bridgehead atoms. The minimum absolute atomic E-state index is 0.0147. The van der Waals surface area contributed by atoms with Gasteiger partial charge >= 0.3 is 5.97 Å². The van der Waals surface area contributed by atoms with Gasteiger partial charge in [-0.15, -0.1) is 0 Å². The molecule has 22 heavy (non-hydrogen) atoms. The summed E-state index contributed by atoms with van der Waals surface area (Å²) < 4.78 is 0. The quantitative estimate of drug-likeness (QED) is 0.723. The first kappa shape index (κ1) is 18.5. The smallest absolute Gasteiger partial charge is 0.339 e. The Bertz CT molecular complexity index is 542. The number of hydrogen-bond acceptors (Lipinski definition) is 2. The first-order valence-electron chi connectivity index (χ1n) is 8.18. The highest BCUT2D eigenvalue weighted by atomic mass is 16.4. The second kappa shape index (κ2) is 6.72. The lowest BCUT2D eigenvalue weighted by atomic mass is 9.74. The summed E-state index contributed by atoms with van der Waals surface area (Å²) in [5.41, 5.74) is 1.39. The third-order valence-corrected chi connectivity index (χ3v) is 4.60. The number of aromatic hydroxyl groups is 1. The van der Waals surface area contributed by atoms with Crippen molar-refractivity contribution in [2.45, 2.75) is 78.1 Å². The Kier molecular flexibility index (Phi) is 5.66. The van der Waals surface area contributed by atoms with Crippen molar-refractivity contribution in [1.29, 1.82) is 0 Å². The van der Waals surface area contributed by atoms with E-state index in [1.165, 1.54) is 0 Å². The molecule has 0 aromatic heterocycles. The molecule has 0 radical (unpaired) electrons. The van der Waals surface area contributed by atoms with E-state index >= 15 is 0 Å². The van der Waals surface area contributed by atoms with Crippen molar-refractivity contribution >= 4 is 5.97 Å². The van der Waals surface area contributed by atoms with Crippen molar-refractivity contribution in [3.63, 3.8) is 0 Å². The molecular formula is C19H30O3. The Morgan fingerprint density at radius 1 is 1.00 bits per heavy atom. The highest BCUT2D eigenvalue weighted by Crippen LogP contribution is 2.41. The third-order valence-electron chi connectivity index (χ3n) is 4.60. The number of phenols is 1. The van der Waals surface area contributed by atoms with Gasteiger partial charge in [0.05, 0.1) is 0 Å². The first-order valence-corrected chi connectivity index (χ1v) is 8.18. The molecule has 1 rings (SSSR count). The summed E-state index contributed by atoms with van der Waals surface area (Å²) in [6, 6.07) is 3.64. The number of benzene rings is 1. The molecule has 0 spiro atoms. The number of carboxylic acids is 1. The summed E-state index contributed by atoms with van der Waals surface area (Å²) in [5.74, 6) is -1.15. The monoisotopic (exact) mass is 306 g/mol. The van der Waals surface area contributed by atoms with E-state index in [9.17, 15) is 15.0 Å². The van der Waals surface area contributed by atoms with Crippen LogP contribution >= 0.6 is 0 Å². The number of rotatable bonds is 7. The average molecular weight is 306 g/mol. The second-order valence-electron chi connectivity index (χ2n) is 7.49. The summed E-state index contributed by atoms with van der Waals surface area (Å²) in [7, 11) is 0. The molecule has 0 amide bonds. The average Bonchev–Trinajstić information content (AvgIpc) is 2.37. The van der Waals surface area contributed by atoms with Crippen LogP contribution in [0.25, 0.3) is 0 Å². The summed E-state index contributed by atoms with van der Waals surface area (Å²) in [4.78, 5) is 11.5. The Balaban J connectivity index is 3.57. The number of hydrogen-bond donors (Lipinski definition) is 2. The van der Waals surface area contributed by atoms with Crippen molar-refractivity contribution < 1.29 is 15.0 Å². The van der Waals surface area contributed by atoms with Gasteiger partial charge in [-0.25, -0.2) is 4.79 Å². The molecule has 0 heterocycles. The fourth-order valence-corrected chi connectivity index (χ4v) is 3.23. The van der Waals surface area contributed by atoms with Gasteiger partial charge in [0.25, 0.3) is 0 Å². The molecule has 0 aliphatic carbocycles. The fourth-order valence-electron chi connectivity index (χ4n) is 3.23. The number of carbonyl (C=O) groups is 1. The molecule has 0 atom stereocenters. The minimum Gasteiger partial charge on any atom is -0.507 e. The van der Waals surface area contributed by atoms with Crippen molar-refractivity contribution in [2.24, 2.45) is 0 Å². The van der Waals surface area contributed by atoms with Gasteiger partial charge in [-0.3, -0.25) is 0 Å². The van der Waals surface area contributed by atoms with Crippen LogP contribution in [-0.2, 0) is 10.8 Å². The maximum absolute atomic E-state index is 11.5. The van der Waals surface area contributed by atoms with Gasteiger partial charge in [0.15, 0.2) is 0 Å². The maximum Gasteiger partial charge on any atom is 0.339 e. The summed E-state index contributed by atoms with van der Waals surface area (Å²) in [6.45, 7) is 12.6. The van der Waals surface area contributed by atoms with Crippen molar-refractivity contribution in [2.75, 3.05) is 0 Å². The van der Waals surface area contributed by atoms with Gasteiger partial charge in [-0.1, -0.05) is 60.5 Å². The van der Waals surface area contributed by atoms with Gasteiger partial charge < -0.3 is 10.2 Å². The summed E-state index contributed by atoms with van der Waals surface area (Å²) >= 11 is 0. The van der Waals surface area contributed by atoms with Gasteiger partial charge in [0.1, 0.15) is 11.3 Å². The molecule has 0 saturated heterocycles. The maximum atomic E-state index is 11.5. The van der Waals surface area contributed by atoms with E-state index in [4.69, 9.17) is 0 Å². The molecular weight excluding hydrogens is 276 g/mol. The molecule has 0 aliphatic heterocycles. The van der Waals surface area contributed by atoms with Crippen LogP contribution < -0.4 is 0 Å². The molecule has 0 fully saturated rings. The largest absolute Gasteiger partial charge is 0.507 e. The van der Waals surface area contributed by atoms with Crippen molar-refractivity contribution in [3.8, 4) is 5.75 Å². The highest BCUT2D eigenvalue weighted by molar-refractivity contribution is 5.91. The predicted molar refractivity (Wildman–Crippen MR) is 90.9 cm³/mol. The van der Waals surface area contributed by atoms with Crippen molar-refractivity contribution in [3.05, 3.63) is 28.8 Å². The van der Waals surface area contributed by atoms with Crippen LogP contribution in [0.1, 0.15) is 88.7 Å². The molecule has 0 saturated carbocycles. The lowest BCUT2D eigenvalue weighted by molar-refractivity contribution is 0.0693. The van der Waals surface area contributed by atoms with E-state index in [2.05, 4.69) is 41.5 Å². The molecule has 2 N–H and O–H groups in total. The number of aromatic carboxylic acids is 1. The van der Waals surface area contributed by atoms with Crippen LogP contribution in [0.2, 0.25) is 0 Å². The van der Waals surface area contributed by atoms with Crippen LogP contribution in [0.3, 0.4) is 0 Å². The minimum atomic E-state index is -1.07. The molecule has 3 nitrogen and oxygen atoms in total. The topological polar surface area (TPSA) is 57.5 Å². The number of carboxylic acid groups (broad SMARTS) is 1. The predicted octanol–water partition coefficient (Wildman–Crippen LogP) is 5.25. The van der Waals surface area contributed by atoms with Crippen LogP contribution in [0, 0.1) is 0 Å². The van der Waals surface area contributed by atoms with E-state index in [1.807, 2.05) is 6.07 Å².